The molecule has 8 nitrogen and oxygen atoms in total. The number of anilines is 2. The quantitative estimate of drug-likeness (QED) is 0.799. The molecule has 0 spiro atoms. The van der Waals surface area contributed by atoms with Gasteiger partial charge in [0.2, 0.25) is 0 Å². The topological polar surface area (TPSA) is 113 Å². The van der Waals surface area contributed by atoms with E-state index in [0.29, 0.717) is 12.1 Å². The van der Waals surface area contributed by atoms with Crippen molar-refractivity contribution in [2.24, 2.45) is 5.73 Å². The van der Waals surface area contributed by atoms with Crippen molar-refractivity contribution in [3.8, 4) is 0 Å². The van der Waals surface area contributed by atoms with Gasteiger partial charge < -0.3 is 20.5 Å². The lowest BCUT2D eigenvalue weighted by Crippen LogP contribution is -2.37. The summed E-state index contributed by atoms with van der Waals surface area (Å²) in [5.41, 5.74) is 7.37. The fourth-order valence-corrected chi connectivity index (χ4v) is 3.06. The first-order valence-electron chi connectivity index (χ1n) is 7.25. The number of carbonyl (C=O) groups excluding carboxylic acids is 3. The lowest BCUT2D eigenvalue weighted by Gasteiger charge is -2.22. The molecule has 3 rings (SSSR count). The van der Waals surface area contributed by atoms with Crippen LogP contribution in [0, 0.1) is 0 Å². The van der Waals surface area contributed by atoms with E-state index in [1.54, 1.807) is 23.1 Å². The highest BCUT2D eigenvalue weighted by Crippen LogP contribution is 2.36. The second-order valence-electron chi connectivity index (χ2n) is 5.67. The maximum atomic E-state index is 11.9. The number of benzene rings is 1. The van der Waals surface area contributed by atoms with Crippen LogP contribution in [0.4, 0.5) is 16.2 Å². The van der Waals surface area contributed by atoms with Crippen LogP contribution < -0.4 is 15.5 Å². The number of rotatable bonds is 3. The summed E-state index contributed by atoms with van der Waals surface area (Å²) >= 11 is 0. The molecule has 2 aliphatic rings. The molecule has 2 unspecified atom stereocenters. The highest BCUT2D eigenvalue weighted by atomic mass is 16.6. The summed E-state index contributed by atoms with van der Waals surface area (Å²) in [4.78, 5) is 37.8. The molecular weight excluding hydrogens is 302 g/mol. The van der Waals surface area contributed by atoms with Crippen molar-refractivity contribution >= 4 is 29.3 Å². The molecular formula is C15H17N3O5. The highest BCUT2D eigenvalue weighted by Gasteiger charge is 2.37. The number of fused-ring (bicyclic) bond motifs is 1. The largest absolute Gasteiger partial charge is 0.434 e. The first kappa shape index (κ1) is 15.3. The smallest absolute Gasteiger partial charge is 0.415 e. The van der Waals surface area contributed by atoms with E-state index in [4.69, 9.17) is 15.6 Å². The Morgan fingerprint density at radius 2 is 2.17 bits per heavy atom. The average Bonchev–Trinajstić information content (AvgIpc) is 3.05. The third-order valence-electron chi connectivity index (χ3n) is 4.12. The van der Waals surface area contributed by atoms with Crippen LogP contribution in [0.5, 0.6) is 0 Å². The van der Waals surface area contributed by atoms with Crippen molar-refractivity contribution in [3.05, 3.63) is 23.8 Å². The molecule has 2 aliphatic heterocycles. The molecule has 23 heavy (non-hydrogen) atoms. The SMILES string of the molecule is CC1Cc2cc(N3CC(C(N)=O)OC3=O)ccc2N1C(=O)CO. The first-order valence-corrected chi connectivity index (χ1v) is 7.25. The van der Waals surface area contributed by atoms with E-state index >= 15 is 0 Å². The van der Waals surface area contributed by atoms with Gasteiger partial charge in [0.1, 0.15) is 6.61 Å². The van der Waals surface area contributed by atoms with Crippen molar-refractivity contribution in [2.45, 2.75) is 25.5 Å². The van der Waals surface area contributed by atoms with Crippen LogP contribution in [0.1, 0.15) is 12.5 Å². The summed E-state index contributed by atoms with van der Waals surface area (Å²) in [6, 6.07) is 5.14. The van der Waals surface area contributed by atoms with Crippen LogP contribution in [0.3, 0.4) is 0 Å². The zero-order valence-electron chi connectivity index (χ0n) is 12.6. The van der Waals surface area contributed by atoms with E-state index < -0.39 is 24.7 Å². The summed E-state index contributed by atoms with van der Waals surface area (Å²) in [5.74, 6) is -1.05. The molecule has 0 radical (unpaired) electrons. The molecule has 0 aliphatic carbocycles. The lowest BCUT2D eigenvalue weighted by molar-refractivity contribution is -0.124. The van der Waals surface area contributed by atoms with E-state index in [2.05, 4.69) is 0 Å². The molecule has 1 aromatic carbocycles. The van der Waals surface area contributed by atoms with Gasteiger partial charge in [-0.15, -0.1) is 0 Å². The molecule has 0 bridgehead atoms. The van der Waals surface area contributed by atoms with Gasteiger partial charge in [0, 0.05) is 17.4 Å². The fourth-order valence-electron chi connectivity index (χ4n) is 3.06. The van der Waals surface area contributed by atoms with Gasteiger partial charge in [-0.3, -0.25) is 14.5 Å². The van der Waals surface area contributed by atoms with Crippen LogP contribution in [0.25, 0.3) is 0 Å². The number of hydrogen-bond donors (Lipinski definition) is 2. The number of primary amides is 1. The van der Waals surface area contributed by atoms with Crippen LogP contribution in [0.2, 0.25) is 0 Å². The van der Waals surface area contributed by atoms with Gasteiger partial charge in [-0.25, -0.2) is 4.79 Å². The molecule has 1 fully saturated rings. The summed E-state index contributed by atoms with van der Waals surface area (Å²) in [5, 5.41) is 9.08. The average molecular weight is 319 g/mol. The Balaban J connectivity index is 1.89. The third-order valence-corrected chi connectivity index (χ3v) is 4.12. The number of amides is 3. The molecule has 8 heteroatoms. The third kappa shape index (κ3) is 2.50. The van der Waals surface area contributed by atoms with Gasteiger partial charge in [0.25, 0.3) is 11.8 Å². The molecule has 1 saturated heterocycles. The number of ether oxygens (including phenoxy) is 1. The monoisotopic (exact) mass is 319 g/mol. The maximum Gasteiger partial charge on any atom is 0.415 e. The Kier molecular flexibility index (Phi) is 3.69. The number of aliphatic hydroxyl groups is 1. The number of nitrogens with zero attached hydrogens (tertiary/aromatic N) is 2. The Morgan fingerprint density at radius 3 is 2.78 bits per heavy atom. The minimum atomic E-state index is -0.956. The normalized spacial score (nSPS) is 23.0. The second kappa shape index (κ2) is 5.54. The van der Waals surface area contributed by atoms with E-state index in [0.717, 1.165) is 11.3 Å². The van der Waals surface area contributed by atoms with Gasteiger partial charge in [0.05, 0.1) is 6.54 Å². The van der Waals surface area contributed by atoms with Crippen molar-refractivity contribution in [3.63, 3.8) is 0 Å². The van der Waals surface area contributed by atoms with Crippen LogP contribution in [-0.2, 0) is 20.7 Å². The number of aliphatic hydroxyl groups excluding tert-OH is 1. The Bertz CT molecular complexity index is 690. The molecule has 3 amide bonds. The summed E-state index contributed by atoms with van der Waals surface area (Å²) in [6.07, 6.45) is -0.956. The summed E-state index contributed by atoms with van der Waals surface area (Å²) in [6.45, 7) is 1.41. The number of carbonyl (C=O) groups is 3. The second-order valence-corrected chi connectivity index (χ2v) is 5.67. The molecule has 1 aromatic rings. The summed E-state index contributed by atoms with van der Waals surface area (Å²) in [7, 11) is 0. The first-order chi connectivity index (χ1) is 10.9. The molecule has 0 saturated carbocycles. The number of cyclic esters (lactones) is 1. The summed E-state index contributed by atoms with van der Waals surface area (Å²) < 4.78 is 4.92. The van der Waals surface area contributed by atoms with Crippen LogP contribution in [0.15, 0.2) is 18.2 Å². The maximum absolute atomic E-state index is 11.9. The van der Waals surface area contributed by atoms with E-state index in [1.165, 1.54) is 4.90 Å². The van der Waals surface area contributed by atoms with Crippen LogP contribution in [-0.4, -0.2) is 48.3 Å². The van der Waals surface area contributed by atoms with Crippen molar-refractivity contribution in [2.75, 3.05) is 23.0 Å². The Morgan fingerprint density at radius 1 is 1.43 bits per heavy atom. The van der Waals surface area contributed by atoms with Gasteiger partial charge in [-0.1, -0.05) is 0 Å². The van der Waals surface area contributed by atoms with Crippen molar-refractivity contribution in [1.29, 1.82) is 0 Å². The zero-order chi connectivity index (χ0) is 16.7. The predicted molar refractivity (Wildman–Crippen MR) is 81.0 cm³/mol. The lowest BCUT2D eigenvalue weighted by atomic mass is 10.1. The van der Waals surface area contributed by atoms with Gasteiger partial charge in [-0.05, 0) is 37.1 Å². The highest BCUT2D eigenvalue weighted by molar-refractivity contribution is 5.99. The Hall–Kier alpha value is -2.61. The number of hydrogen-bond acceptors (Lipinski definition) is 5. The molecule has 2 heterocycles. The van der Waals surface area contributed by atoms with E-state index in [9.17, 15) is 14.4 Å². The predicted octanol–water partition coefficient (Wildman–Crippen LogP) is -0.233. The number of nitrogens with two attached hydrogens (primary N) is 1. The van der Waals surface area contributed by atoms with Crippen molar-refractivity contribution in [1.82, 2.24) is 0 Å². The minimum absolute atomic E-state index is 0.0659. The van der Waals surface area contributed by atoms with Gasteiger partial charge in [-0.2, -0.15) is 0 Å². The Labute approximate surface area is 132 Å². The molecule has 2 atom stereocenters. The molecule has 0 aromatic heterocycles. The van der Waals surface area contributed by atoms with E-state index in [-0.39, 0.29) is 18.5 Å². The minimum Gasteiger partial charge on any atom is -0.434 e. The fraction of sp³-hybridized carbons (Fsp3) is 0.400. The zero-order valence-corrected chi connectivity index (χ0v) is 12.6. The van der Waals surface area contributed by atoms with E-state index in [1.807, 2.05) is 6.92 Å². The molecule has 122 valence electrons. The standard InChI is InChI=1S/C15H17N3O5/c1-8-4-9-5-10(2-3-11(9)18(8)13(20)7-19)17-6-12(14(16)21)23-15(17)22/h2-3,5,8,12,19H,4,6-7H2,1H3,(H2,16,21). The van der Waals surface area contributed by atoms with Gasteiger partial charge in [0.15, 0.2) is 6.10 Å². The van der Waals surface area contributed by atoms with Crippen LogP contribution >= 0.6 is 0 Å². The van der Waals surface area contributed by atoms with Crippen molar-refractivity contribution < 1.29 is 24.2 Å². The molecule has 3 N–H and O–H groups in total. The van der Waals surface area contributed by atoms with Gasteiger partial charge >= 0.3 is 6.09 Å².